The van der Waals surface area contributed by atoms with Crippen LogP contribution < -0.4 is 5.69 Å². The Morgan fingerprint density at radius 1 is 1.38 bits per heavy atom. The van der Waals surface area contributed by atoms with Crippen LogP contribution in [-0.4, -0.2) is 23.2 Å². The number of rotatable bonds is 0. The minimum absolute atomic E-state index is 0.252. The van der Waals surface area contributed by atoms with E-state index in [0.717, 1.165) is 36.4 Å². The molecule has 13 heavy (non-hydrogen) atoms. The minimum atomic E-state index is -0.252. The maximum absolute atomic E-state index is 11.1. The van der Waals surface area contributed by atoms with Crippen molar-refractivity contribution in [2.75, 3.05) is 13.2 Å². The van der Waals surface area contributed by atoms with Crippen molar-refractivity contribution in [1.29, 1.82) is 0 Å². The Balaban J connectivity index is 2.53. The van der Waals surface area contributed by atoms with Crippen LogP contribution in [0, 0.1) is 6.92 Å². The van der Waals surface area contributed by atoms with Gasteiger partial charge in [-0.1, -0.05) is 0 Å². The Morgan fingerprint density at radius 2 is 2.15 bits per heavy atom. The molecular weight excluding hydrogens is 168 g/mol. The predicted molar refractivity (Wildman–Crippen MR) is 47.8 cm³/mol. The zero-order chi connectivity index (χ0) is 9.26. The first-order chi connectivity index (χ1) is 6.27. The maximum Gasteiger partial charge on any atom is 0.345 e. The van der Waals surface area contributed by atoms with Crippen LogP contribution in [0.5, 0.6) is 0 Å². The summed E-state index contributed by atoms with van der Waals surface area (Å²) < 4.78 is 5.32. The summed E-state index contributed by atoms with van der Waals surface area (Å²) in [5.74, 6) is 0. The summed E-state index contributed by atoms with van der Waals surface area (Å²) in [7, 11) is 0. The summed E-state index contributed by atoms with van der Waals surface area (Å²) in [6.45, 7) is 3.30. The van der Waals surface area contributed by atoms with E-state index < -0.39 is 0 Å². The molecule has 4 nitrogen and oxygen atoms in total. The highest BCUT2D eigenvalue weighted by atomic mass is 16.5. The zero-order valence-electron chi connectivity index (χ0n) is 7.59. The predicted octanol–water partition coefficient (Wildman–Crippen LogP) is 0.194. The number of ether oxygens (including phenoxy) is 1. The van der Waals surface area contributed by atoms with E-state index >= 15 is 0 Å². The molecule has 1 aliphatic rings. The van der Waals surface area contributed by atoms with Gasteiger partial charge < -0.3 is 9.72 Å². The Morgan fingerprint density at radius 3 is 3.00 bits per heavy atom. The van der Waals surface area contributed by atoms with Crippen molar-refractivity contribution in [2.45, 2.75) is 19.8 Å². The topological polar surface area (TPSA) is 55.0 Å². The molecule has 0 aliphatic carbocycles. The lowest BCUT2D eigenvalue weighted by atomic mass is 10.1. The third kappa shape index (κ3) is 1.62. The zero-order valence-corrected chi connectivity index (χ0v) is 7.59. The fraction of sp³-hybridized carbons (Fsp3) is 0.556. The molecule has 0 radical (unpaired) electrons. The second-order valence-electron chi connectivity index (χ2n) is 3.20. The number of fused-ring (bicyclic) bond motifs is 1. The Bertz CT molecular complexity index is 370. The van der Waals surface area contributed by atoms with Crippen molar-refractivity contribution in [2.24, 2.45) is 0 Å². The number of aromatic amines is 1. The van der Waals surface area contributed by atoms with E-state index in [9.17, 15) is 4.79 Å². The van der Waals surface area contributed by atoms with E-state index in [2.05, 4.69) is 9.97 Å². The van der Waals surface area contributed by atoms with Gasteiger partial charge in [0, 0.05) is 12.1 Å². The van der Waals surface area contributed by atoms with E-state index in [0.29, 0.717) is 6.61 Å². The Labute approximate surface area is 76.0 Å². The van der Waals surface area contributed by atoms with Crippen LogP contribution in [0.25, 0.3) is 0 Å². The molecule has 0 fully saturated rings. The molecule has 4 heteroatoms. The second kappa shape index (κ2) is 3.30. The first-order valence-electron chi connectivity index (χ1n) is 4.44. The summed E-state index contributed by atoms with van der Waals surface area (Å²) in [5, 5.41) is 0. The number of hydrogen-bond donors (Lipinski definition) is 1. The summed E-state index contributed by atoms with van der Waals surface area (Å²) >= 11 is 0. The van der Waals surface area contributed by atoms with Gasteiger partial charge in [-0.2, -0.15) is 4.98 Å². The number of aryl methyl sites for hydroxylation is 1. The highest BCUT2D eigenvalue weighted by Crippen LogP contribution is 2.12. The van der Waals surface area contributed by atoms with Gasteiger partial charge >= 0.3 is 5.69 Å². The van der Waals surface area contributed by atoms with Gasteiger partial charge in [0.2, 0.25) is 0 Å². The molecular formula is C9H12N2O2. The molecule has 0 atom stereocenters. The lowest BCUT2D eigenvalue weighted by Crippen LogP contribution is -2.17. The lowest BCUT2D eigenvalue weighted by molar-refractivity contribution is 0.146. The molecule has 1 aromatic rings. The number of H-pyrrole nitrogens is 1. The molecule has 0 saturated carbocycles. The monoisotopic (exact) mass is 180 g/mol. The quantitative estimate of drug-likeness (QED) is 0.620. The smallest absolute Gasteiger partial charge is 0.345 e. The van der Waals surface area contributed by atoms with Crippen LogP contribution in [0.1, 0.15) is 17.0 Å². The van der Waals surface area contributed by atoms with Gasteiger partial charge in [-0.25, -0.2) is 4.79 Å². The van der Waals surface area contributed by atoms with Crippen molar-refractivity contribution < 1.29 is 4.74 Å². The molecule has 1 N–H and O–H groups in total. The Kier molecular flexibility index (Phi) is 2.14. The van der Waals surface area contributed by atoms with Crippen molar-refractivity contribution >= 4 is 0 Å². The average molecular weight is 180 g/mol. The number of hydrogen-bond acceptors (Lipinski definition) is 3. The fourth-order valence-corrected chi connectivity index (χ4v) is 1.65. The second-order valence-corrected chi connectivity index (χ2v) is 3.20. The molecule has 0 saturated heterocycles. The molecule has 0 aromatic carbocycles. The minimum Gasteiger partial charge on any atom is -0.381 e. The SMILES string of the molecule is Cc1[nH]c(=O)nc2c1CCOCC2. The van der Waals surface area contributed by atoms with Crippen molar-refractivity contribution in [3.05, 3.63) is 27.4 Å². The van der Waals surface area contributed by atoms with Crippen LogP contribution in [0.15, 0.2) is 4.79 Å². The molecule has 0 bridgehead atoms. The molecule has 2 rings (SSSR count). The molecule has 70 valence electrons. The van der Waals surface area contributed by atoms with Gasteiger partial charge in [-0.05, 0) is 18.9 Å². The maximum atomic E-state index is 11.1. The summed E-state index contributed by atoms with van der Waals surface area (Å²) in [5.41, 5.74) is 2.73. The van der Waals surface area contributed by atoms with Crippen LogP contribution >= 0.6 is 0 Å². The fourth-order valence-electron chi connectivity index (χ4n) is 1.65. The van der Waals surface area contributed by atoms with Gasteiger partial charge in [0.15, 0.2) is 0 Å². The van der Waals surface area contributed by atoms with Crippen molar-refractivity contribution in [3.63, 3.8) is 0 Å². The highest BCUT2D eigenvalue weighted by molar-refractivity contribution is 5.24. The van der Waals surface area contributed by atoms with E-state index in [1.807, 2.05) is 6.92 Å². The first kappa shape index (κ1) is 8.44. The standard InChI is InChI=1S/C9H12N2O2/c1-6-7-2-4-13-5-3-8(7)11-9(12)10-6/h2-5H2,1H3,(H,10,11,12). The number of nitrogens with one attached hydrogen (secondary N) is 1. The largest absolute Gasteiger partial charge is 0.381 e. The van der Waals surface area contributed by atoms with Gasteiger partial charge in [0.1, 0.15) is 0 Å². The van der Waals surface area contributed by atoms with E-state index in [1.54, 1.807) is 0 Å². The van der Waals surface area contributed by atoms with Crippen LogP contribution in [0.3, 0.4) is 0 Å². The summed E-state index contributed by atoms with van der Waals surface area (Å²) in [4.78, 5) is 17.7. The summed E-state index contributed by atoms with van der Waals surface area (Å²) in [6.07, 6.45) is 1.60. The third-order valence-electron chi connectivity index (χ3n) is 2.31. The van der Waals surface area contributed by atoms with Crippen molar-refractivity contribution in [1.82, 2.24) is 9.97 Å². The van der Waals surface area contributed by atoms with E-state index in [4.69, 9.17) is 4.74 Å². The molecule has 0 unspecified atom stereocenters. The normalized spacial score (nSPS) is 16.4. The molecule has 2 heterocycles. The molecule has 1 aliphatic heterocycles. The van der Waals surface area contributed by atoms with Crippen LogP contribution in [0.2, 0.25) is 0 Å². The van der Waals surface area contributed by atoms with Gasteiger partial charge in [-0.15, -0.1) is 0 Å². The third-order valence-corrected chi connectivity index (χ3v) is 2.31. The van der Waals surface area contributed by atoms with Gasteiger partial charge in [0.25, 0.3) is 0 Å². The van der Waals surface area contributed by atoms with E-state index in [-0.39, 0.29) is 5.69 Å². The van der Waals surface area contributed by atoms with Crippen molar-refractivity contribution in [3.8, 4) is 0 Å². The number of nitrogens with zero attached hydrogens (tertiary/aromatic N) is 1. The molecule has 0 amide bonds. The van der Waals surface area contributed by atoms with Gasteiger partial charge in [-0.3, -0.25) is 0 Å². The first-order valence-corrected chi connectivity index (χ1v) is 4.44. The number of aromatic nitrogens is 2. The molecule has 0 spiro atoms. The highest BCUT2D eigenvalue weighted by Gasteiger charge is 2.12. The van der Waals surface area contributed by atoms with Crippen LogP contribution in [0.4, 0.5) is 0 Å². The average Bonchev–Trinajstić information content (AvgIpc) is 2.28. The molecule has 1 aromatic heterocycles. The Hall–Kier alpha value is -1.16. The van der Waals surface area contributed by atoms with E-state index in [1.165, 1.54) is 0 Å². The lowest BCUT2D eigenvalue weighted by Gasteiger charge is -2.05. The summed E-state index contributed by atoms with van der Waals surface area (Å²) in [6, 6.07) is 0. The van der Waals surface area contributed by atoms with Gasteiger partial charge in [0.05, 0.1) is 18.9 Å². The van der Waals surface area contributed by atoms with Crippen LogP contribution in [-0.2, 0) is 17.6 Å².